The summed E-state index contributed by atoms with van der Waals surface area (Å²) in [5, 5.41) is 1.02. The summed E-state index contributed by atoms with van der Waals surface area (Å²) in [6.45, 7) is 0. The lowest BCUT2D eigenvalue weighted by molar-refractivity contribution is 0.355. The van der Waals surface area contributed by atoms with Gasteiger partial charge in [0.2, 0.25) is 0 Å². The summed E-state index contributed by atoms with van der Waals surface area (Å²) in [6.07, 6.45) is 3.81. The summed E-state index contributed by atoms with van der Waals surface area (Å²) in [6, 6.07) is 12.4. The van der Waals surface area contributed by atoms with Crippen molar-refractivity contribution in [3.05, 3.63) is 58.5 Å². The Kier molecular flexibility index (Phi) is 3.68. The fourth-order valence-electron chi connectivity index (χ4n) is 3.34. The van der Waals surface area contributed by atoms with Gasteiger partial charge in [0.25, 0.3) is 0 Å². The SMILES string of the molecule is COc1cc2ncnc(C3(c4cccc(Br)c4)CC3)c2cc1OC. The lowest BCUT2D eigenvalue weighted by atomic mass is 9.89. The predicted molar refractivity (Wildman–Crippen MR) is 96.8 cm³/mol. The highest BCUT2D eigenvalue weighted by Crippen LogP contribution is 2.55. The van der Waals surface area contributed by atoms with Gasteiger partial charge < -0.3 is 9.47 Å². The van der Waals surface area contributed by atoms with Crippen molar-refractivity contribution >= 4 is 26.8 Å². The lowest BCUT2D eigenvalue weighted by Crippen LogP contribution is -2.12. The number of halogens is 1. The van der Waals surface area contributed by atoms with Crippen molar-refractivity contribution in [3.63, 3.8) is 0 Å². The van der Waals surface area contributed by atoms with Crippen molar-refractivity contribution in [3.8, 4) is 11.5 Å². The zero-order valence-electron chi connectivity index (χ0n) is 13.5. The highest BCUT2D eigenvalue weighted by molar-refractivity contribution is 9.10. The van der Waals surface area contributed by atoms with Gasteiger partial charge in [-0.05, 0) is 36.6 Å². The molecule has 5 heteroatoms. The van der Waals surface area contributed by atoms with Gasteiger partial charge in [0.15, 0.2) is 11.5 Å². The third-order valence-electron chi connectivity index (χ3n) is 4.72. The minimum atomic E-state index is -0.0371. The zero-order chi connectivity index (χ0) is 16.7. The molecule has 1 aromatic heterocycles. The van der Waals surface area contributed by atoms with E-state index in [2.05, 4.69) is 44.1 Å². The molecule has 1 saturated carbocycles. The normalized spacial score (nSPS) is 15.3. The van der Waals surface area contributed by atoms with Gasteiger partial charge in [0.05, 0.1) is 25.4 Å². The molecule has 122 valence electrons. The van der Waals surface area contributed by atoms with Gasteiger partial charge in [-0.3, -0.25) is 0 Å². The fraction of sp³-hybridized carbons (Fsp3) is 0.263. The van der Waals surface area contributed by atoms with E-state index in [0.29, 0.717) is 11.5 Å². The average Bonchev–Trinajstić information content (AvgIpc) is 3.41. The highest BCUT2D eigenvalue weighted by atomic mass is 79.9. The van der Waals surface area contributed by atoms with Crippen LogP contribution in [0.4, 0.5) is 0 Å². The number of hydrogen-bond donors (Lipinski definition) is 0. The van der Waals surface area contributed by atoms with Crippen molar-refractivity contribution in [1.29, 1.82) is 0 Å². The van der Waals surface area contributed by atoms with Gasteiger partial charge >= 0.3 is 0 Å². The maximum atomic E-state index is 5.47. The molecule has 0 radical (unpaired) electrons. The molecule has 0 amide bonds. The second-order valence-corrected chi connectivity index (χ2v) is 6.95. The van der Waals surface area contributed by atoms with Crippen LogP contribution < -0.4 is 9.47 Å². The van der Waals surface area contributed by atoms with E-state index in [1.807, 2.05) is 18.2 Å². The average molecular weight is 385 g/mol. The van der Waals surface area contributed by atoms with Crippen LogP contribution in [0.15, 0.2) is 47.2 Å². The molecule has 0 N–H and O–H groups in total. The standard InChI is InChI=1S/C19H17BrN2O2/c1-23-16-9-14-15(10-17(16)24-2)21-11-22-18(14)19(6-7-19)12-4-3-5-13(20)8-12/h3-5,8-11H,6-7H2,1-2H3. The highest BCUT2D eigenvalue weighted by Gasteiger charge is 2.48. The van der Waals surface area contributed by atoms with E-state index in [4.69, 9.17) is 9.47 Å². The molecule has 3 aromatic rings. The second kappa shape index (κ2) is 5.74. The topological polar surface area (TPSA) is 44.2 Å². The molecule has 24 heavy (non-hydrogen) atoms. The molecular weight excluding hydrogens is 368 g/mol. The Morgan fingerprint density at radius 3 is 2.42 bits per heavy atom. The second-order valence-electron chi connectivity index (χ2n) is 6.04. The largest absolute Gasteiger partial charge is 0.493 e. The molecule has 1 fully saturated rings. The van der Waals surface area contributed by atoms with E-state index in [9.17, 15) is 0 Å². The Morgan fingerprint density at radius 1 is 1.00 bits per heavy atom. The molecule has 0 atom stereocenters. The lowest BCUT2D eigenvalue weighted by Gasteiger charge is -2.18. The van der Waals surface area contributed by atoms with Crippen LogP contribution >= 0.6 is 15.9 Å². The van der Waals surface area contributed by atoms with Crippen molar-refractivity contribution < 1.29 is 9.47 Å². The van der Waals surface area contributed by atoms with Crippen molar-refractivity contribution in [2.75, 3.05) is 14.2 Å². The third kappa shape index (κ3) is 2.35. The van der Waals surface area contributed by atoms with Crippen LogP contribution in [0.5, 0.6) is 11.5 Å². The number of fused-ring (bicyclic) bond motifs is 1. The van der Waals surface area contributed by atoms with Gasteiger partial charge in [-0.15, -0.1) is 0 Å². The molecule has 2 aromatic carbocycles. The number of nitrogens with zero attached hydrogens (tertiary/aromatic N) is 2. The minimum absolute atomic E-state index is 0.0371. The third-order valence-corrected chi connectivity index (χ3v) is 5.21. The Morgan fingerprint density at radius 2 is 1.75 bits per heavy atom. The molecule has 0 unspecified atom stereocenters. The van der Waals surface area contributed by atoms with E-state index >= 15 is 0 Å². The Labute approximate surface area is 149 Å². The van der Waals surface area contributed by atoms with Crippen LogP contribution in [0.3, 0.4) is 0 Å². The monoisotopic (exact) mass is 384 g/mol. The van der Waals surface area contributed by atoms with Gasteiger partial charge in [-0.25, -0.2) is 9.97 Å². The molecule has 1 aliphatic rings. The van der Waals surface area contributed by atoms with Crippen molar-refractivity contribution in [2.45, 2.75) is 18.3 Å². The number of aromatic nitrogens is 2. The quantitative estimate of drug-likeness (QED) is 0.664. The van der Waals surface area contributed by atoms with Crippen LogP contribution in [0.1, 0.15) is 24.1 Å². The molecule has 1 aliphatic carbocycles. The van der Waals surface area contributed by atoms with Crippen molar-refractivity contribution in [1.82, 2.24) is 9.97 Å². The number of methoxy groups -OCH3 is 2. The molecule has 4 nitrogen and oxygen atoms in total. The first-order chi connectivity index (χ1) is 11.7. The molecular formula is C19H17BrN2O2. The Balaban J connectivity index is 1.94. The van der Waals surface area contributed by atoms with Crippen LogP contribution in [-0.2, 0) is 5.41 Å². The van der Waals surface area contributed by atoms with Gasteiger partial charge in [0, 0.05) is 21.3 Å². The van der Waals surface area contributed by atoms with Gasteiger partial charge in [-0.1, -0.05) is 28.1 Å². The Hall–Kier alpha value is -2.14. The summed E-state index contributed by atoms with van der Waals surface area (Å²) in [7, 11) is 3.28. The summed E-state index contributed by atoms with van der Waals surface area (Å²) < 4.78 is 12.0. The first-order valence-electron chi connectivity index (χ1n) is 7.81. The van der Waals surface area contributed by atoms with Crippen LogP contribution in [0, 0.1) is 0 Å². The van der Waals surface area contributed by atoms with Crippen molar-refractivity contribution in [2.24, 2.45) is 0 Å². The summed E-state index contributed by atoms with van der Waals surface area (Å²) in [5.74, 6) is 1.38. The molecule has 0 bridgehead atoms. The van der Waals surface area contributed by atoms with Crippen LogP contribution in [0.25, 0.3) is 10.9 Å². The molecule has 1 heterocycles. The van der Waals surface area contributed by atoms with Crippen LogP contribution in [-0.4, -0.2) is 24.2 Å². The molecule has 0 aliphatic heterocycles. The minimum Gasteiger partial charge on any atom is -0.493 e. The fourth-order valence-corrected chi connectivity index (χ4v) is 3.74. The smallest absolute Gasteiger partial charge is 0.162 e. The van der Waals surface area contributed by atoms with Crippen LogP contribution in [0.2, 0.25) is 0 Å². The first-order valence-corrected chi connectivity index (χ1v) is 8.60. The number of benzene rings is 2. The maximum absolute atomic E-state index is 5.47. The molecule has 4 rings (SSSR count). The van der Waals surface area contributed by atoms with Gasteiger partial charge in [0.1, 0.15) is 6.33 Å². The predicted octanol–water partition coefficient (Wildman–Crippen LogP) is 4.49. The molecule has 0 saturated heterocycles. The van der Waals surface area contributed by atoms with Gasteiger partial charge in [-0.2, -0.15) is 0 Å². The zero-order valence-corrected chi connectivity index (χ0v) is 15.1. The summed E-state index contributed by atoms with van der Waals surface area (Å²) in [5.41, 5.74) is 3.18. The van der Waals surface area contributed by atoms with E-state index in [1.165, 1.54) is 5.56 Å². The number of ether oxygens (including phenoxy) is 2. The number of rotatable bonds is 4. The Bertz CT molecular complexity index is 922. The van der Waals surface area contributed by atoms with E-state index in [1.54, 1.807) is 20.5 Å². The van der Waals surface area contributed by atoms with E-state index < -0.39 is 0 Å². The van der Waals surface area contributed by atoms with E-state index in [-0.39, 0.29) is 5.41 Å². The van der Waals surface area contributed by atoms with E-state index in [0.717, 1.165) is 33.9 Å². The summed E-state index contributed by atoms with van der Waals surface area (Å²) in [4.78, 5) is 9.08. The molecule has 0 spiro atoms. The number of hydrogen-bond acceptors (Lipinski definition) is 4. The maximum Gasteiger partial charge on any atom is 0.162 e. The first kappa shape index (κ1) is 15.4. The summed E-state index contributed by atoms with van der Waals surface area (Å²) >= 11 is 3.58.